The van der Waals surface area contributed by atoms with Crippen molar-refractivity contribution in [1.29, 1.82) is 0 Å². The van der Waals surface area contributed by atoms with Crippen molar-refractivity contribution < 1.29 is 4.79 Å². The van der Waals surface area contributed by atoms with Gasteiger partial charge >= 0.3 is 0 Å². The first-order valence-electron chi connectivity index (χ1n) is 5.45. The van der Waals surface area contributed by atoms with Crippen LogP contribution in [-0.2, 0) is 4.79 Å². The molecule has 0 saturated heterocycles. The van der Waals surface area contributed by atoms with Gasteiger partial charge in [-0.3, -0.25) is 4.79 Å². The molecule has 13 heavy (non-hydrogen) atoms. The number of hydrogen-bond donors (Lipinski definition) is 0. The van der Waals surface area contributed by atoms with Crippen molar-refractivity contribution in [3.8, 4) is 0 Å². The molecule has 1 nitrogen and oxygen atoms in total. The van der Waals surface area contributed by atoms with Crippen molar-refractivity contribution in [2.75, 3.05) is 0 Å². The molecule has 0 bridgehead atoms. The summed E-state index contributed by atoms with van der Waals surface area (Å²) in [5, 5.41) is 0. The van der Waals surface area contributed by atoms with E-state index in [1.165, 1.54) is 12.8 Å². The Balaban J connectivity index is 4.01. The minimum absolute atomic E-state index is 0.152. The van der Waals surface area contributed by atoms with Crippen LogP contribution in [0, 0.1) is 11.3 Å². The first-order chi connectivity index (χ1) is 5.91. The Kier molecular flexibility index (Phi) is 5.27. The van der Waals surface area contributed by atoms with Gasteiger partial charge in [-0.15, -0.1) is 0 Å². The number of rotatable bonds is 5. The summed E-state index contributed by atoms with van der Waals surface area (Å²) in [6.07, 6.45) is 4.29. The van der Waals surface area contributed by atoms with Crippen LogP contribution in [0.3, 0.4) is 0 Å². The Labute approximate surface area is 82.9 Å². The van der Waals surface area contributed by atoms with E-state index in [1.807, 2.05) is 20.8 Å². The number of carbonyl (C=O) groups excluding carboxylic acids is 1. The van der Waals surface area contributed by atoms with Crippen molar-refractivity contribution in [1.82, 2.24) is 0 Å². The van der Waals surface area contributed by atoms with Crippen LogP contribution in [0.4, 0.5) is 0 Å². The monoisotopic (exact) mass is 184 g/mol. The highest BCUT2D eigenvalue weighted by Crippen LogP contribution is 2.23. The van der Waals surface area contributed by atoms with Gasteiger partial charge in [0.05, 0.1) is 0 Å². The largest absolute Gasteiger partial charge is 0.299 e. The Hall–Kier alpha value is -0.330. The van der Waals surface area contributed by atoms with Crippen LogP contribution < -0.4 is 0 Å². The SMILES string of the molecule is CCC[C@@H](CC)CC(=O)C(C)(C)C. The van der Waals surface area contributed by atoms with Crippen LogP contribution in [0.1, 0.15) is 60.3 Å². The van der Waals surface area contributed by atoms with E-state index in [4.69, 9.17) is 0 Å². The standard InChI is InChI=1S/C12H24O/c1-6-8-10(7-2)9-11(13)12(3,4)5/h10H,6-9H2,1-5H3/t10-/m1/s1. The molecule has 0 amide bonds. The van der Waals surface area contributed by atoms with Crippen LogP contribution >= 0.6 is 0 Å². The number of carbonyl (C=O) groups is 1. The molecule has 0 heterocycles. The maximum absolute atomic E-state index is 11.7. The average molecular weight is 184 g/mol. The molecule has 0 spiro atoms. The van der Waals surface area contributed by atoms with E-state index >= 15 is 0 Å². The predicted molar refractivity (Wildman–Crippen MR) is 57.8 cm³/mol. The Morgan fingerprint density at radius 1 is 1.23 bits per heavy atom. The summed E-state index contributed by atoms with van der Waals surface area (Å²) in [7, 11) is 0. The number of ketones is 1. The zero-order chi connectivity index (χ0) is 10.5. The summed E-state index contributed by atoms with van der Waals surface area (Å²) in [6.45, 7) is 10.4. The summed E-state index contributed by atoms with van der Waals surface area (Å²) in [6, 6.07) is 0. The maximum atomic E-state index is 11.7. The summed E-state index contributed by atoms with van der Waals surface area (Å²) in [4.78, 5) is 11.7. The van der Waals surface area contributed by atoms with Gasteiger partial charge in [-0.2, -0.15) is 0 Å². The molecule has 1 heteroatoms. The fourth-order valence-corrected chi connectivity index (χ4v) is 1.43. The Morgan fingerprint density at radius 3 is 2.08 bits per heavy atom. The van der Waals surface area contributed by atoms with Crippen molar-refractivity contribution in [3.05, 3.63) is 0 Å². The first-order valence-corrected chi connectivity index (χ1v) is 5.45. The molecular formula is C12H24O. The Bertz CT molecular complexity index is 153. The van der Waals surface area contributed by atoms with Gasteiger partial charge in [0, 0.05) is 11.8 Å². The molecule has 78 valence electrons. The molecule has 0 unspecified atom stereocenters. The summed E-state index contributed by atoms with van der Waals surface area (Å²) < 4.78 is 0. The topological polar surface area (TPSA) is 17.1 Å². The van der Waals surface area contributed by atoms with Crippen LogP contribution in [0.15, 0.2) is 0 Å². The second kappa shape index (κ2) is 5.41. The number of hydrogen-bond acceptors (Lipinski definition) is 1. The molecule has 0 aliphatic rings. The summed E-state index contributed by atoms with van der Waals surface area (Å²) in [5.74, 6) is 1.02. The lowest BCUT2D eigenvalue weighted by molar-refractivity contribution is -0.127. The molecule has 0 aliphatic carbocycles. The third kappa shape index (κ3) is 5.07. The molecule has 0 aromatic carbocycles. The van der Waals surface area contributed by atoms with Crippen LogP contribution in [0.2, 0.25) is 0 Å². The zero-order valence-electron chi connectivity index (χ0n) is 9.81. The Morgan fingerprint density at radius 2 is 1.77 bits per heavy atom. The van der Waals surface area contributed by atoms with Gasteiger partial charge in [0.1, 0.15) is 5.78 Å². The van der Waals surface area contributed by atoms with Gasteiger partial charge in [0.25, 0.3) is 0 Å². The van der Waals surface area contributed by atoms with Gasteiger partial charge in [-0.25, -0.2) is 0 Å². The fourth-order valence-electron chi connectivity index (χ4n) is 1.43. The first kappa shape index (κ1) is 12.7. The van der Waals surface area contributed by atoms with Gasteiger partial charge in [-0.05, 0) is 5.92 Å². The summed E-state index contributed by atoms with van der Waals surface area (Å²) >= 11 is 0. The lowest BCUT2D eigenvalue weighted by Gasteiger charge is -2.20. The highest BCUT2D eigenvalue weighted by atomic mass is 16.1. The van der Waals surface area contributed by atoms with Crippen molar-refractivity contribution in [2.45, 2.75) is 60.3 Å². The molecule has 0 saturated carbocycles. The molecule has 0 N–H and O–H groups in total. The fraction of sp³-hybridized carbons (Fsp3) is 0.917. The lowest BCUT2D eigenvalue weighted by atomic mass is 9.83. The van der Waals surface area contributed by atoms with E-state index in [2.05, 4.69) is 13.8 Å². The quantitative estimate of drug-likeness (QED) is 0.635. The molecule has 0 aliphatic heterocycles. The highest BCUT2D eigenvalue weighted by molar-refractivity contribution is 5.83. The van der Waals surface area contributed by atoms with E-state index < -0.39 is 0 Å². The number of Topliss-reactive ketones (excluding diaryl/α,β-unsaturated/α-hetero) is 1. The second-order valence-electron chi connectivity index (χ2n) is 4.94. The smallest absolute Gasteiger partial charge is 0.138 e. The van der Waals surface area contributed by atoms with Crippen LogP contribution in [-0.4, -0.2) is 5.78 Å². The van der Waals surface area contributed by atoms with E-state index in [0.717, 1.165) is 12.8 Å². The van der Waals surface area contributed by atoms with Crippen molar-refractivity contribution in [2.24, 2.45) is 11.3 Å². The van der Waals surface area contributed by atoms with E-state index in [0.29, 0.717) is 11.7 Å². The third-order valence-corrected chi connectivity index (χ3v) is 2.58. The average Bonchev–Trinajstić information content (AvgIpc) is 2.01. The van der Waals surface area contributed by atoms with E-state index in [1.54, 1.807) is 0 Å². The van der Waals surface area contributed by atoms with E-state index in [-0.39, 0.29) is 5.41 Å². The molecule has 0 fully saturated rings. The molecule has 1 atom stereocenters. The second-order valence-corrected chi connectivity index (χ2v) is 4.94. The van der Waals surface area contributed by atoms with Crippen molar-refractivity contribution in [3.63, 3.8) is 0 Å². The third-order valence-electron chi connectivity index (χ3n) is 2.58. The summed E-state index contributed by atoms with van der Waals surface area (Å²) in [5.41, 5.74) is -0.152. The van der Waals surface area contributed by atoms with Crippen LogP contribution in [0.25, 0.3) is 0 Å². The maximum Gasteiger partial charge on any atom is 0.138 e. The van der Waals surface area contributed by atoms with Crippen molar-refractivity contribution >= 4 is 5.78 Å². The molecule has 0 rings (SSSR count). The molecular weight excluding hydrogens is 160 g/mol. The normalized spacial score (nSPS) is 14.2. The molecule has 0 aromatic heterocycles. The van der Waals surface area contributed by atoms with Gasteiger partial charge in [0.2, 0.25) is 0 Å². The minimum Gasteiger partial charge on any atom is -0.299 e. The zero-order valence-corrected chi connectivity index (χ0v) is 9.81. The molecule has 0 aromatic rings. The van der Waals surface area contributed by atoms with Gasteiger partial charge < -0.3 is 0 Å². The van der Waals surface area contributed by atoms with Crippen LogP contribution in [0.5, 0.6) is 0 Å². The molecule has 0 radical (unpaired) electrons. The lowest BCUT2D eigenvalue weighted by Crippen LogP contribution is -2.22. The van der Waals surface area contributed by atoms with E-state index in [9.17, 15) is 4.79 Å². The minimum atomic E-state index is -0.152. The predicted octanol–water partition coefficient (Wildman–Crippen LogP) is 3.82. The van der Waals surface area contributed by atoms with Gasteiger partial charge in [-0.1, -0.05) is 53.9 Å². The van der Waals surface area contributed by atoms with Gasteiger partial charge in [0.15, 0.2) is 0 Å². The highest BCUT2D eigenvalue weighted by Gasteiger charge is 2.23.